The molecule has 2 aromatic rings. The molecule has 0 radical (unpaired) electrons. The van der Waals surface area contributed by atoms with E-state index < -0.39 is 9.84 Å². The molecule has 92 valence electrons. The second kappa shape index (κ2) is 4.12. The van der Waals surface area contributed by atoms with Crippen LogP contribution in [0.1, 0.15) is 11.4 Å². The van der Waals surface area contributed by atoms with Crippen LogP contribution in [-0.2, 0) is 29.2 Å². The maximum absolute atomic E-state index is 11.3. The lowest BCUT2D eigenvalue weighted by Gasteiger charge is -2.00. The average molecular weight is 253 g/mol. The third kappa shape index (κ3) is 2.32. The number of nitrogens with zero attached hydrogens (tertiary/aromatic N) is 2. The molecule has 1 aromatic heterocycles. The average Bonchev–Trinajstić information content (AvgIpc) is 2.54. The Hall–Kier alpha value is -1.40. The van der Waals surface area contributed by atoms with Crippen molar-refractivity contribution in [3.63, 3.8) is 0 Å². The number of benzene rings is 1. The number of aromatic nitrogens is 2. The summed E-state index contributed by atoms with van der Waals surface area (Å²) < 4.78 is 24.4. The van der Waals surface area contributed by atoms with Crippen LogP contribution in [0.25, 0.3) is 11.0 Å². The lowest BCUT2D eigenvalue weighted by molar-refractivity contribution is 0.598. The molecule has 1 aromatic carbocycles. The van der Waals surface area contributed by atoms with Crippen molar-refractivity contribution in [2.75, 3.05) is 6.26 Å². The zero-order chi connectivity index (χ0) is 12.6. The van der Waals surface area contributed by atoms with E-state index in [0.717, 1.165) is 16.6 Å². The van der Waals surface area contributed by atoms with E-state index in [4.69, 9.17) is 5.73 Å². The number of hydrogen-bond acceptors (Lipinski definition) is 4. The van der Waals surface area contributed by atoms with Crippen LogP contribution < -0.4 is 5.73 Å². The summed E-state index contributed by atoms with van der Waals surface area (Å²) in [6.07, 6.45) is 1.20. The second-order valence-corrected chi connectivity index (χ2v) is 6.29. The summed E-state index contributed by atoms with van der Waals surface area (Å²) in [6.45, 7) is 0.396. The van der Waals surface area contributed by atoms with Crippen molar-refractivity contribution < 1.29 is 8.42 Å². The Morgan fingerprint density at radius 3 is 2.71 bits per heavy atom. The molecule has 6 heteroatoms. The van der Waals surface area contributed by atoms with Crippen LogP contribution in [0.3, 0.4) is 0 Å². The molecular formula is C11H15N3O2S. The largest absolute Gasteiger partial charge is 0.330 e. The van der Waals surface area contributed by atoms with Gasteiger partial charge in [-0.15, -0.1) is 0 Å². The molecule has 0 bridgehead atoms. The molecule has 0 aliphatic rings. The molecule has 0 atom stereocenters. The van der Waals surface area contributed by atoms with Crippen molar-refractivity contribution in [2.24, 2.45) is 12.8 Å². The predicted molar refractivity (Wildman–Crippen MR) is 67.2 cm³/mol. The normalized spacial score (nSPS) is 12.2. The SMILES string of the molecule is Cn1c(CS(C)(=O)=O)nc2c(CN)cccc21. The number of aryl methyl sites for hydroxylation is 1. The van der Waals surface area contributed by atoms with E-state index in [1.165, 1.54) is 6.26 Å². The van der Waals surface area contributed by atoms with Gasteiger partial charge >= 0.3 is 0 Å². The van der Waals surface area contributed by atoms with Gasteiger partial charge in [-0.05, 0) is 11.6 Å². The Labute approximate surface area is 100 Å². The van der Waals surface area contributed by atoms with E-state index in [1.54, 1.807) is 4.57 Å². The standard InChI is InChI=1S/C11H15N3O2S/c1-14-9-5-3-4-8(6-12)11(9)13-10(14)7-17(2,15)16/h3-5H,6-7,12H2,1-2H3. The van der Waals surface area contributed by atoms with Gasteiger partial charge < -0.3 is 10.3 Å². The Morgan fingerprint density at radius 2 is 2.12 bits per heavy atom. The highest BCUT2D eigenvalue weighted by Crippen LogP contribution is 2.19. The molecule has 0 saturated carbocycles. The number of fused-ring (bicyclic) bond motifs is 1. The number of sulfone groups is 1. The van der Waals surface area contributed by atoms with E-state index in [-0.39, 0.29) is 5.75 Å². The van der Waals surface area contributed by atoms with Gasteiger partial charge in [-0.1, -0.05) is 12.1 Å². The molecule has 0 aliphatic carbocycles. The van der Waals surface area contributed by atoms with Gasteiger partial charge in [0.25, 0.3) is 0 Å². The lowest BCUT2D eigenvalue weighted by atomic mass is 10.2. The smallest absolute Gasteiger partial charge is 0.154 e. The number of rotatable bonds is 3. The molecule has 2 rings (SSSR count). The first kappa shape index (κ1) is 12.1. The third-order valence-corrected chi connectivity index (χ3v) is 3.48. The van der Waals surface area contributed by atoms with E-state index in [0.29, 0.717) is 12.4 Å². The fourth-order valence-corrected chi connectivity index (χ4v) is 2.58. The van der Waals surface area contributed by atoms with Crippen molar-refractivity contribution in [2.45, 2.75) is 12.3 Å². The van der Waals surface area contributed by atoms with Crippen LogP contribution in [-0.4, -0.2) is 24.2 Å². The van der Waals surface area contributed by atoms with Crippen molar-refractivity contribution >= 4 is 20.9 Å². The van der Waals surface area contributed by atoms with Gasteiger partial charge in [-0.3, -0.25) is 0 Å². The first-order chi connectivity index (χ1) is 7.92. The molecule has 0 fully saturated rings. The minimum Gasteiger partial charge on any atom is -0.330 e. The van der Waals surface area contributed by atoms with Gasteiger partial charge in [0, 0.05) is 19.8 Å². The van der Waals surface area contributed by atoms with Gasteiger partial charge in [0.2, 0.25) is 0 Å². The third-order valence-electron chi connectivity index (χ3n) is 2.70. The number of hydrogen-bond donors (Lipinski definition) is 1. The van der Waals surface area contributed by atoms with Crippen LogP contribution in [0.4, 0.5) is 0 Å². The Kier molecular flexibility index (Phi) is 2.92. The molecule has 17 heavy (non-hydrogen) atoms. The Bertz CT molecular complexity index is 659. The summed E-state index contributed by atoms with van der Waals surface area (Å²) in [5.74, 6) is 0.491. The van der Waals surface area contributed by atoms with E-state index in [9.17, 15) is 8.42 Å². The van der Waals surface area contributed by atoms with Crippen LogP contribution in [0.5, 0.6) is 0 Å². The summed E-state index contributed by atoms with van der Waals surface area (Å²) in [4.78, 5) is 4.37. The summed E-state index contributed by atoms with van der Waals surface area (Å²) >= 11 is 0. The topological polar surface area (TPSA) is 78.0 Å². The van der Waals surface area contributed by atoms with E-state index in [1.807, 2.05) is 25.2 Å². The van der Waals surface area contributed by atoms with Crippen LogP contribution in [0.2, 0.25) is 0 Å². The summed E-state index contributed by atoms with van der Waals surface area (Å²) in [5.41, 5.74) is 8.26. The van der Waals surface area contributed by atoms with Crippen molar-refractivity contribution in [3.8, 4) is 0 Å². The summed E-state index contributed by atoms with van der Waals surface area (Å²) in [5, 5.41) is 0. The molecule has 0 spiro atoms. The van der Waals surface area contributed by atoms with Gasteiger partial charge in [0.15, 0.2) is 9.84 Å². The van der Waals surface area contributed by atoms with Crippen LogP contribution >= 0.6 is 0 Å². The molecule has 0 amide bonds. The van der Waals surface area contributed by atoms with Crippen molar-refractivity contribution in [1.29, 1.82) is 0 Å². The number of nitrogens with two attached hydrogens (primary N) is 1. The second-order valence-electron chi connectivity index (χ2n) is 4.15. The fraction of sp³-hybridized carbons (Fsp3) is 0.364. The number of para-hydroxylation sites is 1. The Balaban J connectivity index is 2.64. The highest BCUT2D eigenvalue weighted by molar-refractivity contribution is 7.89. The molecule has 5 nitrogen and oxygen atoms in total. The van der Waals surface area contributed by atoms with Crippen molar-refractivity contribution in [1.82, 2.24) is 9.55 Å². The first-order valence-electron chi connectivity index (χ1n) is 5.23. The van der Waals surface area contributed by atoms with E-state index >= 15 is 0 Å². The molecular weight excluding hydrogens is 238 g/mol. The first-order valence-corrected chi connectivity index (χ1v) is 7.29. The predicted octanol–water partition coefficient (Wildman–Crippen LogP) is 0.577. The summed E-state index contributed by atoms with van der Waals surface area (Å²) in [6, 6.07) is 5.71. The molecule has 0 unspecified atom stereocenters. The lowest BCUT2D eigenvalue weighted by Crippen LogP contribution is -2.06. The fourth-order valence-electron chi connectivity index (χ4n) is 1.85. The molecule has 2 N–H and O–H groups in total. The molecule has 0 aliphatic heterocycles. The minimum atomic E-state index is -3.08. The summed E-state index contributed by atoms with van der Waals surface area (Å²) in [7, 11) is -1.27. The van der Waals surface area contributed by atoms with Crippen molar-refractivity contribution in [3.05, 3.63) is 29.6 Å². The van der Waals surface area contributed by atoms with Gasteiger partial charge in [0.1, 0.15) is 11.6 Å². The number of imidazole rings is 1. The molecule has 1 heterocycles. The monoisotopic (exact) mass is 253 g/mol. The zero-order valence-corrected chi connectivity index (χ0v) is 10.7. The molecule has 0 saturated heterocycles. The zero-order valence-electron chi connectivity index (χ0n) is 9.84. The minimum absolute atomic E-state index is 0.0534. The highest BCUT2D eigenvalue weighted by atomic mass is 32.2. The Morgan fingerprint density at radius 1 is 1.41 bits per heavy atom. The van der Waals surface area contributed by atoms with Gasteiger partial charge in [0.05, 0.1) is 11.0 Å². The quantitative estimate of drug-likeness (QED) is 0.867. The maximum atomic E-state index is 11.3. The maximum Gasteiger partial charge on any atom is 0.154 e. The van der Waals surface area contributed by atoms with Gasteiger partial charge in [-0.2, -0.15) is 0 Å². The van der Waals surface area contributed by atoms with Crippen LogP contribution in [0, 0.1) is 0 Å². The van der Waals surface area contributed by atoms with E-state index in [2.05, 4.69) is 4.98 Å². The van der Waals surface area contributed by atoms with Crippen LogP contribution in [0.15, 0.2) is 18.2 Å². The highest BCUT2D eigenvalue weighted by Gasteiger charge is 2.14. The van der Waals surface area contributed by atoms with Gasteiger partial charge in [-0.25, -0.2) is 13.4 Å².